The first-order valence-corrected chi connectivity index (χ1v) is 9.64. The number of nitrogens with zero attached hydrogens (tertiary/aromatic N) is 2. The molecule has 1 saturated heterocycles. The lowest BCUT2D eigenvalue weighted by molar-refractivity contribution is -0.117. The molecule has 2 aromatic carbocycles. The maximum absolute atomic E-state index is 13.0. The molecule has 0 radical (unpaired) electrons. The van der Waals surface area contributed by atoms with Crippen LogP contribution in [0.4, 0.5) is 5.82 Å². The lowest BCUT2D eigenvalue weighted by Crippen LogP contribution is -2.28. The standard InChI is InChI=1S/C22H19ClN2O3/c1-2-28-22(27)20-18(14-8-4-3-5-9-14)19-15(23)10-6-11-16(19)24-21(20)25-13-7-12-17(25)26/h3-6,8-11H,2,7,12-13H2,1H3. The van der Waals surface area contributed by atoms with Crippen molar-refractivity contribution in [3.8, 4) is 11.1 Å². The molecule has 0 N–H and O–H groups in total. The number of carbonyl (C=O) groups is 2. The van der Waals surface area contributed by atoms with Gasteiger partial charge in [0.05, 0.1) is 17.1 Å². The van der Waals surface area contributed by atoms with Gasteiger partial charge < -0.3 is 4.74 Å². The number of hydrogen-bond donors (Lipinski definition) is 0. The fourth-order valence-electron chi connectivity index (χ4n) is 3.62. The third-order valence-corrected chi connectivity index (χ3v) is 5.13. The predicted octanol–water partition coefficient (Wildman–Crippen LogP) is 4.86. The summed E-state index contributed by atoms with van der Waals surface area (Å²) in [7, 11) is 0. The van der Waals surface area contributed by atoms with Gasteiger partial charge in [-0.2, -0.15) is 0 Å². The molecule has 28 heavy (non-hydrogen) atoms. The number of anilines is 1. The molecule has 0 bridgehead atoms. The number of benzene rings is 2. The largest absolute Gasteiger partial charge is 0.462 e. The number of pyridine rings is 1. The Bertz CT molecular complexity index is 1070. The van der Waals surface area contributed by atoms with E-state index in [9.17, 15) is 9.59 Å². The number of rotatable bonds is 4. The molecule has 0 spiro atoms. The summed E-state index contributed by atoms with van der Waals surface area (Å²) < 4.78 is 5.35. The van der Waals surface area contributed by atoms with Crippen molar-refractivity contribution in [2.45, 2.75) is 19.8 Å². The van der Waals surface area contributed by atoms with Gasteiger partial charge in [-0.05, 0) is 31.0 Å². The van der Waals surface area contributed by atoms with Crippen LogP contribution in [0.5, 0.6) is 0 Å². The first-order chi connectivity index (χ1) is 13.6. The zero-order chi connectivity index (χ0) is 19.7. The number of carbonyl (C=O) groups excluding carboxylic acids is 2. The molecule has 0 unspecified atom stereocenters. The van der Waals surface area contributed by atoms with Crippen LogP contribution >= 0.6 is 11.6 Å². The molecule has 0 aliphatic carbocycles. The van der Waals surface area contributed by atoms with E-state index >= 15 is 0 Å². The summed E-state index contributed by atoms with van der Waals surface area (Å²) in [6.07, 6.45) is 1.18. The predicted molar refractivity (Wildman–Crippen MR) is 110 cm³/mol. The number of hydrogen-bond acceptors (Lipinski definition) is 4. The second kappa shape index (κ2) is 7.60. The number of fused-ring (bicyclic) bond motifs is 1. The van der Waals surface area contributed by atoms with Gasteiger partial charge in [0.1, 0.15) is 5.56 Å². The monoisotopic (exact) mass is 394 g/mol. The maximum atomic E-state index is 13.0. The van der Waals surface area contributed by atoms with Crippen molar-refractivity contribution in [2.24, 2.45) is 0 Å². The first kappa shape index (κ1) is 18.4. The normalized spacial score (nSPS) is 13.9. The van der Waals surface area contributed by atoms with Crippen LogP contribution in [-0.4, -0.2) is 30.0 Å². The van der Waals surface area contributed by atoms with Gasteiger partial charge >= 0.3 is 5.97 Å². The summed E-state index contributed by atoms with van der Waals surface area (Å²) in [5.74, 6) is -0.210. The van der Waals surface area contributed by atoms with Gasteiger partial charge in [0.2, 0.25) is 5.91 Å². The van der Waals surface area contributed by atoms with Crippen LogP contribution in [0.1, 0.15) is 30.1 Å². The Morgan fingerprint density at radius 3 is 2.64 bits per heavy atom. The molecular weight excluding hydrogens is 376 g/mol. The van der Waals surface area contributed by atoms with Crippen molar-refractivity contribution in [1.29, 1.82) is 0 Å². The molecule has 4 rings (SSSR count). The smallest absolute Gasteiger partial charge is 0.342 e. The molecule has 0 atom stereocenters. The minimum absolute atomic E-state index is 0.0431. The average molecular weight is 395 g/mol. The quantitative estimate of drug-likeness (QED) is 0.593. The molecule has 2 heterocycles. The van der Waals surface area contributed by atoms with E-state index in [2.05, 4.69) is 4.98 Å². The van der Waals surface area contributed by atoms with E-state index in [1.54, 1.807) is 17.9 Å². The van der Waals surface area contributed by atoms with Gasteiger partial charge in [-0.25, -0.2) is 9.78 Å². The molecule has 1 aromatic heterocycles. The topological polar surface area (TPSA) is 59.5 Å². The van der Waals surface area contributed by atoms with Gasteiger partial charge in [0, 0.05) is 23.9 Å². The Morgan fingerprint density at radius 1 is 1.18 bits per heavy atom. The van der Waals surface area contributed by atoms with Crippen molar-refractivity contribution < 1.29 is 14.3 Å². The lowest BCUT2D eigenvalue weighted by Gasteiger charge is -2.22. The number of esters is 1. The molecule has 142 valence electrons. The molecule has 6 heteroatoms. The Hall–Kier alpha value is -2.92. The SMILES string of the molecule is CCOC(=O)c1c(N2CCCC2=O)nc2cccc(Cl)c2c1-c1ccccc1. The highest BCUT2D eigenvalue weighted by molar-refractivity contribution is 6.37. The summed E-state index contributed by atoms with van der Waals surface area (Å²) >= 11 is 6.53. The van der Waals surface area contributed by atoms with E-state index in [4.69, 9.17) is 16.3 Å². The van der Waals surface area contributed by atoms with Crippen LogP contribution in [0.2, 0.25) is 5.02 Å². The summed E-state index contributed by atoms with van der Waals surface area (Å²) in [4.78, 5) is 31.8. The van der Waals surface area contributed by atoms with Gasteiger partial charge in [-0.3, -0.25) is 9.69 Å². The van der Waals surface area contributed by atoms with Crippen LogP contribution in [-0.2, 0) is 9.53 Å². The summed E-state index contributed by atoms with van der Waals surface area (Å²) in [6.45, 7) is 2.50. The lowest BCUT2D eigenvalue weighted by atomic mass is 9.95. The second-order valence-electron chi connectivity index (χ2n) is 6.55. The molecule has 5 nitrogen and oxygen atoms in total. The number of ether oxygens (including phenoxy) is 1. The third kappa shape index (κ3) is 3.12. The first-order valence-electron chi connectivity index (χ1n) is 9.27. The van der Waals surface area contributed by atoms with E-state index in [1.165, 1.54) is 0 Å². The Labute approximate surface area is 167 Å². The van der Waals surface area contributed by atoms with E-state index in [-0.39, 0.29) is 18.1 Å². The molecule has 1 fully saturated rings. The van der Waals surface area contributed by atoms with Gasteiger partial charge in [-0.1, -0.05) is 48.0 Å². The van der Waals surface area contributed by atoms with E-state index in [0.717, 1.165) is 12.0 Å². The fourth-order valence-corrected chi connectivity index (χ4v) is 3.88. The molecule has 1 aliphatic heterocycles. The van der Waals surface area contributed by atoms with Crippen molar-refractivity contribution >= 4 is 40.2 Å². The van der Waals surface area contributed by atoms with Crippen molar-refractivity contribution in [3.05, 3.63) is 59.1 Å². The van der Waals surface area contributed by atoms with Crippen molar-refractivity contribution in [2.75, 3.05) is 18.1 Å². The van der Waals surface area contributed by atoms with Gasteiger partial charge in [-0.15, -0.1) is 0 Å². The van der Waals surface area contributed by atoms with E-state index in [1.807, 2.05) is 42.5 Å². The maximum Gasteiger partial charge on any atom is 0.342 e. The number of amides is 1. The van der Waals surface area contributed by atoms with Crippen molar-refractivity contribution in [1.82, 2.24) is 4.98 Å². The molecule has 3 aromatic rings. The second-order valence-corrected chi connectivity index (χ2v) is 6.96. The highest BCUT2D eigenvalue weighted by Gasteiger charge is 2.32. The summed E-state index contributed by atoms with van der Waals surface area (Å²) in [6, 6.07) is 14.9. The zero-order valence-electron chi connectivity index (χ0n) is 15.4. The third-order valence-electron chi connectivity index (χ3n) is 4.81. The van der Waals surface area contributed by atoms with Crippen LogP contribution in [0.25, 0.3) is 22.0 Å². The summed E-state index contributed by atoms with van der Waals surface area (Å²) in [5, 5.41) is 1.17. The van der Waals surface area contributed by atoms with Gasteiger partial charge in [0.25, 0.3) is 0 Å². The van der Waals surface area contributed by atoms with Crippen molar-refractivity contribution in [3.63, 3.8) is 0 Å². The molecular formula is C22H19ClN2O3. The Kier molecular flexibility index (Phi) is 5.01. The fraction of sp³-hybridized carbons (Fsp3) is 0.227. The highest BCUT2D eigenvalue weighted by atomic mass is 35.5. The Balaban J connectivity index is 2.13. The summed E-state index contributed by atoms with van der Waals surface area (Å²) in [5.41, 5.74) is 2.38. The van der Waals surface area contributed by atoms with E-state index < -0.39 is 5.97 Å². The number of aromatic nitrogens is 1. The van der Waals surface area contributed by atoms with Crippen LogP contribution in [0.3, 0.4) is 0 Å². The van der Waals surface area contributed by atoms with Crippen LogP contribution < -0.4 is 4.90 Å². The van der Waals surface area contributed by atoms with Crippen LogP contribution in [0, 0.1) is 0 Å². The van der Waals surface area contributed by atoms with Gasteiger partial charge in [0.15, 0.2) is 5.82 Å². The minimum atomic E-state index is -0.509. The van der Waals surface area contributed by atoms with E-state index in [0.29, 0.717) is 40.3 Å². The average Bonchev–Trinajstić information content (AvgIpc) is 3.13. The highest BCUT2D eigenvalue weighted by Crippen LogP contribution is 2.40. The molecule has 0 saturated carbocycles. The zero-order valence-corrected chi connectivity index (χ0v) is 16.2. The molecule has 1 aliphatic rings. The molecule has 1 amide bonds. The minimum Gasteiger partial charge on any atom is -0.462 e. The number of halogens is 1. The van der Waals surface area contributed by atoms with Crippen LogP contribution in [0.15, 0.2) is 48.5 Å². The Morgan fingerprint density at radius 2 is 1.96 bits per heavy atom.